The third-order valence-corrected chi connectivity index (χ3v) is 4.64. The quantitative estimate of drug-likeness (QED) is 0.235. The van der Waals surface area contributed by atoms with Crippen LogP contribution in [0, 0.1) is 11.8 Å². The van der Waals surface area contributed by atoms with Crippen LogP contribution in [0.15, 0.2) is 36.7 Å². The lowest BCUT2D eigenvalue weighted by atomic mass is 10.1. The maximum absolute atomic E-state index is 12.3. The van der Waals surface area contributed by atoms with Crippen LogP contribution in [0.5, 0.6) is 0 Å². The maximum atomic E-state index is 12.3. The Bertz CT molecular complexity index is 877. The minimum Gasteiger partial charge on any atom is -0.450 e. The van der Waals surface area contributed by atoms with E-state index >= 15 is 0 Å². The van der Waals surface area contributed by atoms with Crippen LogP contribution < -0.4 is 0 Å². The molecule has 1 aromatic carbocycles. The van der Waals surface area contributed by atoms with Gasteiger partial charge in [-0.15, -0.1) is 0 Å². The second-order valence-electron chi connectivity index (χ2n) is 7.27. The number of aryl methyl sites for hydroxylation is 1. The van der Waals surface area contributed by atoms with Crippen molar-refractivity contribution in [3.8, 4) is 23.2 Å². The first-order valence-corrected chi connectivity index (χ1v) is 10.7. The SMILES string of the molecule is CCCC#CC(=O)C(C)OC(=O)c1ccc(-c2ncc(CCCCCC)cn2)cc1. The van der Waals surface area contributed by atoms with Crippen LogP contribution in [0.4, 0.5) is 0 Å². The minimum absolute atomic E-state index is 0.368. The van der Waals surface area contributed by atoms with Crippen LogP contribution in [0.2, 0.25) is 0 Å². The van der Waals surface area contributed by atoms with E-state index in [2.05, 4.69) is 28.7 Å². The molecule has 2 rings (SSSR count). The van der Waals surface area contributed by atoms with E-state index in [4.69, 9.17) is 4.74 Å². The molecule has 5 heteroatoms. The zero-order chi connectivity index (χ0) is 21.8. The Kier molecular flexibility index (Phi) is 9.73. The fourth-order valence-corrected chi connectivity index (χ4v) is 2.80. The maximum Gasteiger partial charge on any atom is 0.338 e. The summed E-state index contributed by atoms with van der Waals surface area (Å²) in [5.41, 5.74) is 2.32. The van der Waals surface area contributed by atoms with Crippen LogP contribution in [-0.2, 0) is 16.0 Å². The van der Waals surface area contributed by atoms with Gasteiger partial charge < -0.3 is 4.74 Å². The molecular weight excluding hydrogens is 376 g/mol. The Labute approximate surface area is 179 Å². The molecule has 1 heterocycles. The van der Waals surface area contributed by atoms with E-state index in [9.17, 15) is 9.59 Å². The highest BCUT2D eigenvalue weighted by atomic mass is 16.5. The number of unbranched alkanes of at least 4 members (excludes halogenated alkanes) is 4. The van der Waals surface area contributed by atoms with Crippen molar-refractivity contribution in [1.82, 2.24) is 9.97 Å². The smallest absolute Gasteiger partial charge is 0.338 e. The summed E-state index contributed by atoms with van der Waals surface area (Å²) in [6.07, 6.45) is 10.2. The molecule has 0 saturated heterocycles. The Morgan fingerprint density at radius 1 is 1.00 bits per heavy atom. The number of carbonyl (C=O) groups excluding carboxylic acids is 2. The molecule has 5 nitrogen and oxygen atoms in total. The van der Waals surface area contributed by atoms with Gasteiger partial charge in [0.1, 0.15) is 0 Å². The van der Waals surface area contributed by atoms with Crippen molar-refractivity contribution < 1.29 is 14.3 Å². The molecule has 1 aromatic heterocycles. The van der Waals surface area contributed by atoms with E-state index in [1.54, 1.807) is 24.3 Å². The predicted octanol–water partition coefficient (Wildman–Crippen LogP) is 5.18. The number of esters is 1. The van der Waals surface area contributed by atoms with Crippen LogP contribution >= 0.6 is 0 Å². The highest BCUT2D eigenvalue weighted by molar-refractivity contribution is 6.01. The summed E-state index contributed by atoms with van der Waals surface area (Å²) in [6.45, 7) is 5.72. The van der Waals surface area contributed by atoms with Crippen molar-refractivity contribution in [3.63, 3.8) is 0 Å². The van der Waals surface area contributed by atoms with Crippen LogP contribution in [0.3, 0.4) is 0 Å². The van der Waals surface area contributed by atoms with Crippen molar-refractivity contribution in [2.75, 3.05) is 0 Å². The first-order chi connectivity index (χ1) is 14.5. The molecule has 30 heavy (non-hydrogen) atoms. The molecule has 0 N–H and O–H groups in total. The van der Waals surface area contributed by atoms with Gasteiger partial charge >= 0.3 is 5.97 Å². The number of carbonyl (C=O) groups is 2. The van der Waals surface area contributed by atoms with Gasteiger partial charge in [-0.2, -0.15) is 0 Å². The second kappa shape index (κ2) is 12.5. The average Bonchev–Trinajstić information content (AvgIpc) is 2.77. The lowest BCUT2D eigenvalue weighted by Crippen LogP contribution is -2.23. The van der Waals surface area contributed by atoms with Crippen molar-refractivity contribution in [1.29, 1.82) is 0 Å². The monoisotopic (exact) mass is 406 g/mol. The zero-order valence-electron chi connectivity index (χ0n) is 18.1. The molecule has 0 bridgehead atoms. The van der Waals surface area contributed by atoms with E-state index in [1.165, 1.54) is 26.2 Å². The van der Waals surface area contributed by atoms with Gasteiger partial charge in [-0.1, -0.05) is 51.2 Å². The number of Topliss-reactive ketones (excluding diaryl/α,β-unsaturated/α-hetero) is 1. The van der Waals surface area contributed by atoms with Gasteiger partial charge in [0, 0.05) is 24.4 Å². The van der Waals surface area contributed by atoms with Crippen molar-refractivity contribution in [2.24, 2.45) is 0 Å². The Morgan fingerprint density at radius 2 is 1.70 bits per heavy atom. The topological polar surface area (TPSA) is 69.2 Å². The number of rotatable bonds is 10. The summed E-state index contributed by atoms with van der Waals surface area (Å²) in [6, 6.07) is 6.86. The summed E-state index contributed by atoms with van der Waals surface area (Å²) < 4.78 is 5.22. The zero-order valence-corrected chi connectivity index (χ0v) is 18.1. The number of ketones is 1. The average molecular weight is 407 g/mol. The molecule has 0 aliphatic rings. The molecule has 0 radical (unpaired) electrons. The molecule has 0 aliphatic heterocycles. The molecule has 0 saturated carbocycles. The molecule has 0 spiro atoms. The summed E-state index contributed by atoms with van der Waals surface area (Å²) in [4.78, 5) is 33.0. The van der Waals surface area contributed by atoms with Crippen LogP contribution in [-0.4, -0.2) is 27.8 Å². The van der Waals surface area contributed by atoms with E-state index < -0.39 is 17.9 Å². The van der Waals surface area contributed by atoms with Gasteiger partial charge in [-0.3, -0.25) is 4.79 Å². The first kappa shape index (κ1) is 23.3. The molecule has 1 unspecified atom stereocenters. The van der Waals surface area contributed by atoms with E-state index in [1.807, 2.05) is 19.3 Å². The fraction of sp³-hybridized carbons (Fsp3) is 0.440. The van der Waals surface area contributed by atoms with Crippen LogP contribution in [0.1, 0.15) is 75.2 Å². The Morgan fingerprint density at radius 3 is 2.33 bits per heavy atom. The summed E-state index contributed by atoms with van der Waals surface area (Å²) in [5, 5.41) is 0. The van der Waals surface area contributed by atoms with E-state index in [0.29, 0.717) is 17.8 Å². The minimum atomic E-state index is -0.894. The third-order valence-electron chi connectivity index (χ3n) is 4.64. The first-order valence-electron chi connectivity index (χ1n) is 10.7. The highest BCUT2D eigenvalue weighted by Crippen LogP contribution is 2.17. The molecule has 0 fully saturated rings. The molecule has 158 valence electrons. The molecule has 1 atom stereocenters. The molecule has 0 aliphatic carbocycles. The van der Waals surface area contributed by atoms with E-state index in [0.717, 1.165) is 30.4 Å². The molecule has 2 aromatic rings. The lowest BCUT2D eigenvalue weighted by Gasteiger charge is -2.09. The standard InChI is InChI=1S/C25H30N2O3/c1-4-6-8-10-11-20-17-26-24(27-18-20)21-13-15-22(16-14-21)25(29)30-19(3)23(28)12-9-7-5-2/h13-19H,4-8,10-11H2,1-3H3. The fourth-order valence-electron chi connectivity index (χ4n) is 2.80. The van der Waals surface area contributed by atoms with Crippen molar-refractivity contribution >= 4 is 11.8 Å². The Balaban J connectivity index is 1.93. The molecular formula is C25H30N2O3. The summed E-state index contributed by atoms with van der Waals surface area (Å²) in [7, 11) is 0. The van der Waals surface area contributed by atoms with Crippen LogP contribution in [0.25, 0.3) is 11.4 Å². The largest absolute Gasteiger partial charge is 0.450 e. The molecule has 0 amide bonds. The normalized spacial score (nSPS) is 11.3. The lowest BCUT2D eigenvalue weighted by molar-refractivity contribution is -0.121. The predicted molar refractivity (Wildman–Crippen MR) is 118 cm³/mol. The number of benzene rings is 1. The van der Waals surface area contributed by atoms with Gasteiger partial charge in [-0.05, 0) is 49.8 Å². The summed E-state index contributed by atoms with van der Waals surface area (Å²) >= 11 is 0. The number of ether oxygens (including phenoxy) is 1. The second-order valence-corrected chi connectivity index (χ2v) is 7.27. The number of aromatic nitrogens is 2. The van der Waals surface area contributed by atoms with Gasteiger partial charge in [0.2, 0.25) is 5.78 Å². The van der Waals surface area contributed by atoms with Gasteiger partial charge in [0.15, 0.2) is 11.9 Å². The van der Waals surface area contributed by atoms with Gasteiger partial charge in [-0.25, -0.2) is 14.8 Å². The summed E-state index contributed by atoms with van der Waals surface area (Å²) in [5.74, 6) is 4.95. The highest BCUT2D eigenvalue weighted by Gasteiger charge is 2.17. The van der Waals surface area contributed by atoms with Crippen molar-refractivity contribution in [3.05, 3.63) is 47.8 Å². The van der Waals surface area contributed by atoms with Gasteiger partial charge in [0.25, 0.3) is 0 Å². The van der Waals surface area contributed by atoms with Gasteiger partial charge in [0.05, 0.1) is 5.56 Å². The number of hydrogen-bond donors (Lipinski definition) is 0. The number of nitrogens with zero attached hydrogens (tertiary/aromatic N) is 2. The van der Waals surface area contributed by atoms with Crippen molar-refractivity contribution in [2.45, 2.75) is 71.8 Å². The van der Waals surface area contributed by atoms with E-state index in [-0.39, 0.29) is 0 Å². The Hall–Kier alpha value is -3.00. The number of hydrogen-bond acceptors (Lipinski definition) is 5. The third kappa shape index (κ3) is 7.44.